The van der Waals surface area contributed by atoms with Crippen molar-refractivity contribution in [1.82, 2.24) is 14.9 Å². The molecule has 0 radical (unpaired) electrons. The predicted molar refractivity (Wildman–Crippen MR) is 103 cm³/mol. The molecule has 0 bridgehead atoms. The van der Waals surface area contributed by atoms with E-state index in [0.717, 1.165) is 22.0 Å². The van der Waals surface area contributed by atoms with Gasteiger partial charge in [0.15, 0.2) is 0 Å². The van der Waals surface area contributed by atoms with E-state index >= 15 is 0 Å². The van der Waals surface area contributed by atoms with Crippen LogP contribution in [0.1, 0.15) is 11.1 Å². The number of phenolic OH excluding ortho intramolecular Hbond substituents is 1. The minimum atomic E-state index is 0.0700. The number of fused-ring (bicyclic) bond motifs is 1. The van der Waals surface area contributed by atoms with Crippen LogP contribution in [0.3, 0.4) is 0 Å². The van der Waals surface area contributed by atoms with Crippen LogP contribution in [0, 0.1) is 11.3 Å². The van der Waals surface area contributed by atoms with Gasteiger partial charge in [-0.25, -0.2) is 4.68 Å². The summed E-state index contributed by atoms with van der Waals surface area (Å²) in [6.45, 7) is 0.554. The third kappa shape index (κ3) is 3.28. The number of nitrogens with zero attached hydrogens (tertiary/aromatic N) is 5. The van der Waals surface area contributed by atoms with Crippen LogP contribution in [0.4, 0.5) is 5.69 Å². The molecule has 7 heteroatoms. The molecule has 0 fully saturated rings. The minimum absolute atomic E-state index is 0.0700. The molecule has 0 aliphatic heterocycles. The lowest BCUT2D eigenvalue weighted by Gasteiger charge is -2.25. The maximum atomic E-state index is 9.77. The van der Waals surface area contributed by atoms with Crippen molar-refractivity contribution in [1.29, 1.82) is 5.26 Å². The van der Waals surface area contributed by atoms with Gasteiger partial charge in [0.2, 0.25) is 0 Å². The van der Waals surface area contributed by atoms with Gasteiger partial charge in [-0.3, -0.25) is 5.01 Å². The van der Waals surface area contributed by atoms with Gasteiger partial charge >= 0.3 is 0 Å². The molecule has 4 rings (SSSR count). The number of aromatic hydroxyl groups is 1. The summed E-state index contributed by atoms with van der Waals surface area (Å²) in [7, 11) is 0. The first-order valence-corrected chi connectivity index (χ1v) is 8.56. The van der Waals surface area contributed by atoms with Gasteiger partial charge in [-0.05, 0) is 47.3 Å². The highest BCUT2D eigenvalue weighted by Crippen LogP contribution is 2.32. The van der Waals surface area contributed by atoms with Crippen molar-refractivity contribution in [3.8, 4) is 11.8 Å². The van der Waals surface area contributed by atoms with Crippen molar-refractivity contribution in [2.75, 3.05) is 5.01 Å². The number of rotatable bonds is 4. The number of anilines is 1. The molecular formula is C20H14ClN5O. The van der Waals surface area contributed by atoms with Crippen LogP contribution in [0.25, 0.3) is 10.8 Å². The molecule has 0 aliphatic rings. The molecule has 3 aromatic carbocycles. The number of benzene rings is 3. The molecule has 0 unspecified atom stereocenters. The SMILES string of the molecule is N#Cc1ccc(N(Cc2ccc3c(Cl)c(O)ccc3c2)n2cnnc2)cc1. The van der Waals surface area contributed by atoms with Crippen molar-refractivity contribution >= 4 is 28.1 Å². The van der Waals surface area contributed by atoms with Gasteiger partial charge in [-0.15, -0.1) is 10.2 Å². The monoisotopic (exact) mass is 375 g/mol. The molecule has 0 atom stereocenters. The first-order chi connectivity index (χ1) is 13.2. The second kappa shape index (κ2) is 6.98. The number of hydrogen-bond acceptors (Lipinski definition) is 5. The Hall–Kier alpha value is -3.56. The van der Waals surface area contributed by atoms with E-state index in [9.17, 15) is 5.11 Å². The standard InChI is InChI=1S/C20H14ClN5O/c21-20-18-7-3-15(9-16(18)4-8-19(20)27)11-26(25-12-23-24-13-25)17-5-1-14(10-22)2-6-17/h1-9,12-13,27H,11H2. The Balaban J connectivity index is 1.72. The zero-order valence-corrected chi connectivity index (χ0v) is 14.9. The highest BCUT2D eigenvalue weighted by molar-refractivity contribution is 6.37. The molecule has 1 heterocycles. The van der Waals surface area contributed by atoms with Crippen molar-refractivity contribution in [3.05, 3.63) is 83.4 Å². The van der Waals surface area contributed by atoms with E-state index in [1.807, 2.05) is 41.4 Å². The maximum absolute atomic E-state index is 9.77. The van der Waals surface area contributed by atoms with E-state index in [1.165, 1.54) is 0 Å². The first kappa shape index (κ1) is 16.9. The zero-order valence-electron chi connectivity index (χ0n) is 14.1. The van der Waals surface area contributed by atoms with Crippen LogP contribution in [-0.4, -0.2) is 20.0 Å². The van der Waals surface area contributed by atoms with E-state index in [2.05, 4.69) is 16.3 Å². The first-order valence-electron chi connectivity index (χ1n) is 8.18. The lowest BCUT2D eigenvalue weighted by atomic mass is 10.1. The van der Waals surface area contributed by atoms with Gasteiger partial charge in [-0.1, -0.05) is 29.8 Å². The summed E-state index contributed by atoms with van der Waals surface area (Å²) in [5.74, 6) is 0.0700. The average Bonchev–Trinajstić information content (AvgIpc) is 3.24. The number of nitriles is 1. The second-order valence-electron chi connectivity index (χ2n) is 6.01. The summed E-state index contributed by atoms with van der Waals surface area (Å²) in [5.41, 5.74) is 2.54. The van der Waals surface area contributed by atoms with Gasteiger partial charge in [0, 0.05) is 5.39 Å². The lowest BCUT2D eigenvalue weighted by Crippen LogP contribution is -2.27. The summed E-state index contributed by atoms with van der Waals surface area (Å²) < 4.78 is 1.79. The lowest BCUT2D eigenvalue weighted by molar-refractivity contribution is 0.476. The Bertz CT molecular complexity index is 1130. The van der Waals surface area contributed by atoms with E-state index < -0.39 is 0 Å². The van der Waals surface area contributed by atoms with Crippen LogP contribution >= 0.6 is 11.6 Å². The van der Waals surface area contributed by atoms with Crippen LogP contribution < -0.4 is 5.01 Å². The van der Waals surface area contributed by atoms with Crippen molar-refractivity contribution < 1.29 is 5.11 Å². The molecule has 132 valence electrons. The Morgan fingerprint density at radius 3 is 2.48 bits per heavy atom. The Morgan fingerprint density at radius 1 is 1.04 bits per heavy atom. The van der Waals surface area contributed by atoms with Crippen molar-refractivity contribution in [3.63, 3.8) is 0 Å². The molecule has 27 heavy (non-hydrogen) atoms. The molecule has 1 aromatic heterocycles. The summed E-state index contributed by atoms with van der Waals surface area (Å²) in [4.78, 5) is 0. The third-order valence-electron chi connectivity index (χ3n) is 4.31. The van der Waals surface area contributed by atoms with E-state index in [4.69, 9.17) is 16.9 Å². The molecule has 1 N–H and O–H groups in total. The molecule has 0 aliphatic carbocycles. The molecule has 0 amide bonds. The van der Waals surface area contributed by atoms with Gasteiger partial charge in [0.25, 0.3) is 0 Å². The average molecular weight is 376 g/mol. The number of halogens is 1. The molecule has 0 saturated heterocycles. The maximum Gasteiger partial charge on any atom is 0.139 e. The minimum Gasteiger partial charge on any atom is -0.506 e. The molecule has 0 saturated carbocycles. The van der Waals surface area contributed by atoms with Crippen molar-refractivity contribution in [2.24, 2.45) is 0 Å². The second-order valence-corrected chi connectivity index (χ2v) is 6.39. The highest BCUT2D eigenvalue weighted by Gasteiger charge is 2.12. The summed E-state index contributed by atoms with van der Waals surface area (Å²) in [6.07, 6.45) is 3.24. The van der Waals surface area contributed by atoms with E-state index in [1.54, 1.807) is 35.5 Å². The van der Waals surface area contributed by atoms with Crippen LogP contribution in [0.15, 0.2) is 67.3 Å². The van der Waals surface area contributed by atoms with Crippen LogP contribution in [0.5, 0.6) is 5.75 Å². The molecule has 0 spiro atoms. The van der Waals surface area contributed by atoms with Crippen LogP contribution in [-0.2, 0) is 6.54 Å². The van der Waals surface area contributed by atoms with Crippen molar-refractivity contribution in [2.45, 2.75) is 6.54 Å². The van der Waals surface area contributed by atoms with Gasteiger partial charge < -0.3 is 5.11 Å². The van der Waals surface area contributed by atoms with E-state index in [-0.39, 0.29) is 5.75 Å². The third-order valence-corrected chi connectivity index (χ3v) is 4.71. The smallest absolute Gasteiger partial charge is 0.139 e. The zero-order chi connectivity index (χ0) is 18.8. The quantitative estimate of drug-likeness (QED) is 0.580. The fourth-order valence-corrected chi connectivity index (χ4v) is 3.17. The topological polar surface area (TPSA) is 78.0 Å². The molecule has 4 aromatic rings. The number of aromatic nitrogens is 3. The van der Waals surface area contributed by atoms with Gasteiger partial charge in [0.05, 0.1) is 28.9 Å². The Labute approximate surface area is 160 Å². The molecule has 6 nitrogen and oxygen atoms in total. The molecular weight excluding hydrogens is 362 g/mol. The van der Waals surface area contributed by atoms with E-state index in [0.29, 0.717) is 17.1 Å². The predicted octanol–water partition coefficient (Wildman–Crippen LogP) is 4.13. The number of hydrogen-bond donors (Lipinski definition) is 1. The largest absolute Gasteiger partial charge is 0.506 e. The summed E-state index contributed by atoms with van der Waals surface area (Å²) >= 11 is 6.18. The Kier molecular flexibility index (Phi) is 4.37. The highest BCUT2D eigenvalue weighted by atomic mass is 35.5. The van der Waals surface area contributed by atoms with Gasteiger partial charge in [-0.2, -0.15) is 5.26 Å². The normalized spacial score (nSPS) is 10.7. The van der Waals surface area contributed by atoms with Gasteiger partial charge in [0.1, 0.15) is 18.4 Å². The fraction of sp³-hybridized carbons (Fsp3) is 0.0500. The summed E-state index contributed by atoms with van der Waals surface area (Å²) in [5, 5.41) is 30.6. The van der Waals surface area contributed by atoms with Crippen LogP contribution in [0.2, 0.25) is 5.02 Å². The number of phenols is 1. The summed E-state index contributed by atoms with van der Waals surface area (Å²) in [6, 6.07) is 18.8. The fourth-order valence-electron chi connectivity index (χ4n) is 2.94. The Morgan fingerprint density at radius 2 is 1.78 bits per heavy atom.